The molecule has 76 valence electrons. The van der Waals surface area contributed by atoms with Crippen molar-refractivity contribution in [2.45, 2.75) is 18.6 Å². The highest BCUT2D eigenvalue weighted by Crippen LogP contribution is 2.17. The molecule has 0 aliphatic carbocycles. The number of nitrogens with two attached hydrogens (primary N) is 1. The van der Waals surface area contributed by atoms with E-state index in [9.17, 15) is 15.0 Å². The number of carbonyl (C=O) groups excluding carboxylic acids is 1. The molecule has 0 aliphatic rings. The number of aliphatic hydroxyl groups excluding tert-OH is 2. The zero-order valence-electron chi connectivity index (χ0n) is 7.63. The number of primary amides is 1. The van der Waals surface area contributed by atoms with E-state index in [2.05, 4.69) is 0 Å². The SMILES string of the molecule is NC(=O)CC(O)C(O)c1ccccc1. The molecule has 1 aromatic rings. The van der Waals surface area contributed by atoms with Crippen LogP contribution in [0, 0.1) is 0 Å². The van der Waals surface area contributed by atoms with Crippen molar-refractivity contribution in [1.82, 2.24) is 0 Å². The largest absolute Gasteiger partial charge is 0.390 e. The van der Waals surface area contributed by atoms with E-state index >= 15 is 0 Å². The van der Waals surface area contributed by atoms with Crippen LogP contribution < -0.4 is 5.73 Å². The summed E-state index contributed by atoms with van der Waals surface area (Å²) in [4.78, 5) is 10.5. The van der Waals surface area contributed by atoms with Crippen LogP contribution in [0.2, 0.25) is 0 Å². The van der Waals surface area contributed by atoms with Gasteiger partial charge in [-0.25, -0.2) is 0 Å². The normalized spacial score (nSPS) is 14.7. The third-order valence-corrected chi connectivity index (χ3v) is 1.92. The molecule has 4 N–H and O–H groups in total. The molecule has 0 bridgehead atoms. The first-order chi connectivity index (χ1) is 6.61. The minimum Gasteiger partial charge on any atom is -0.390 e. The smallest absolute Gasteiger partial charge is 0.220 e. The van der Waals surface area contributed by atoms with Crippen molar-refractivity contribution < 1.29 is 15.0 Å². The molecule has 0 heterocycles. The van der Waals surface area contributed by atoms with E-state index in [1.807, 2.05) is 0 Å². The average Bonchev–Trinajstić information content (AvgIpc) is 2.17. The standard InChI is InChI=1S/C10H13NO3/c11-9(13)6-8(12)10(14)7-4-2-1-3-5-7/h1-5,8,10,12,14H,6H2,(H2,11,13). The first kappa shape index (κ1) is 10.7. The van der Waals surface area contributed by atoms with Gasteiger partial charge in [0.05, 0.1) is 12.5 Å². The van der Waals surface area contributed by atoms with Gasteiger partial charge in [-0.15, -0.1) is 0 Å². The van der Waals surface area contributed by atoms with Crippen molar-refractivity contribution in [3.05, 3.63) is 35.9 Å². The molecule has 1 amide bonds. The second-order valence-corrected chi connectivity index (χ2v) is 3.09. The first-order valence-electron chi connectivity index (χ1n) is 4.30. The molecular weight excluding hydrogens is 182 g/mol. The Kier molecular flexibility index (Phi) is 3.62. The highest BCUT2D eigenvalue weighted by molar-refractivity contribution is 5.74. The molecule has 1 aromatic carbocycles. The minimum atomic E-state index is -1.14. The van der Waals surface area contributed by atoms with Crippen LogP contribution >= 0.6 is 0 Å². The summed E-state index contributed by atoms with van der Waals surface area (Å²) in [7, 11) is 0. The van der Waals surface area contributed by atoms with Crippen molar-refractivity contribution in [3.8, 4) is 0 Å². The van der Waals surface area contributed by atoms with Gasteiger partial charge >= 0.3 is 0 Å². The summed E-state index contributed by atoms with van der Waals surface area (Å²) in [6.07, 6.45) is -2.45. The lowest BCUT2D eigenvalue weighted by atomic mass is 10.0. The Morgan fingerprint density at radius 2 is 1.86 bits per heavy atom. The number of rotatable bonds is 4. The molecule has 4 heteroatoms. The first-order valence-corrected chi connectivity index (χ1v) is 4.30. The van der Waals surface area contributed by atoms with Crippen LogP contribution in [0.4, 0.5) is 0 Å². The topological polar surface area (TPSA) is 83.6 Å². The second kappa shape index (κ2) is 4.74. The van der Waals surface area contributed by atoms with E-state index in [4.69, 9.17) is 5.73 Å². The highest BCUT2D eigenvalue weighted by atomic mass is 16.3. The summed E-state index contributed by atoms with van der Waals surface area (Å²) in [6, 6.07) is 8.64. The zero-order chi connectivity index (χ0) is 10.6. The fourth-order valence-corrected chi connectivity index (χ4v) is 1.19. The Balaban J connectivity index is 2.65. The Bertz CT molecular complexity index is 299. The maximum absolute atomic E-state index is 10.5. The lowest BCUT2D eigenvalue weighted by Gasteiger charge is -2.16. The molecule has 2 atom stereocenters. The van der Waals surface area contributed by atoms with Gasteiger partial charge in [0.25, 0.3) is 0 Å². The van der Waals surface area contributed by atoms with Gasteiger partial charge in [-0.3, -0.25) is 4.79 Å². The zero-order valence-corrected chi connectivity index (χ0v) is 7.63. The van der Waals surface area contributed by atoms with Gasteiger partial charge in [0.15, 0.2) is 0 Å². The fraction of sp³-hybridized carbons (Fsp3) is 0.300. The monoisotopic (exact) mass is 195 g/mol. The van der Waals surface area contributed by atoms with Crippen LogP contribution in [0.15, 0.2) is 30.3 Å². The quantitative estimate of drug-likeness (QED) is 0.630. The summed E-state index contributed by atoms with van der Waals surface area (Å²) < 4.78 is 0. The van der Waals surface area contributed by atoms with Crippen molar-refractivity contribution >= 4 is 5.91 Å². The van der Waals surface area contributed by atoms with E-state index in [0.29, 0.717) is 5.56 Å². The third-order valence-electron chi connectivity index (χ3n) is 1.92. The van der Waals surface area contributed by atoms with Gasteiger partial charge in [-0.1, -0.05) is 30.3 Å². The Labute approximate surface area is 82.0 Å². The highest BCUT2D eigenvalue weighted by Gasteiger charge is 2.19. The van der Waals surface area contributed by atoms with Crippen LogP contribution in [0.25, 0.3) is 0 Å². The van der Waals surface area contributed by atoms with Gasteiger partial charge in [0.1, 0.15) is 6.10 Å². The van der Waals surface area contributed by atoms with Crippen molar-refractivity contribution in [1.29, 1.82) is 0 Å². The third kappa shape index (κ3) is 2.83. The van der Waals surface area contributed by atoms with Crippen molar-refractivity contribution in [2.75, 3.05) is 0 Å². The minimum absolute atomic E-state index is 0.240. The van der Waals surface area contributed by atoms with Crippen molar-refractivity contribution in [2.24, 2.45) is 5.73 Å². The molecule has 14 heavy (non-hydrogen) atoms. The lowest BCUT2D eigenvalue weighted by molar-refractivity contribution is -0.121. The summed E-state index contributed by atoms with van der Waals surface area (Å²) >= 11 is 0. The van der Waals surface area contributed by atoms with Crippen molar-refractivity contribution in [3.63, 3.8) is 0 Å². The van der Waals surface area contributed by atoms with Crippen LogP contribution in [-0.2, 0) is 4.79 Å². The fourth-order valence-electron chi connectivity index (χ4n) is 1.19. The summed E-state index contributed by atoms with van der Waals surface area (Å²) in [5.74, 6) is -0.632. The molecular formula is C10H13NO3. The number of hydrogen-bond acceptors (Lipinski definition) is 3. The van der Waals surface area contributed by atoms with E-state index in [0.717, 1.165) is 0 Å². The maximum Gasteiger partial charge on any atom is 0.220 e. The summed E-state index contributed by atoms with van der Waals surface area (Å²) in [6.45, 7) is 0. The van der Waals surface area contributed by atoms with Crippen LogP contribution in [0.5, 0.6) is 0 Å². The number of amides is 1. The molecule has 0 spiro atoms. The second-order valence-electron chi connectivity index (χ2n) is 3.09. The Morgan fingerprint density at radius 3 is 2.36 bits per heavy atom. The Morgan fingerprint density at radius 1 is 1.29 bits per heavy atom. The predicted octanol–water partition coefficient (Wildman–Crippen LogP) is -0.0437. The molecule has 0 saturated heterocycles. The van der Waals surface area contributed by atoms with E-state index in [-0.39, 0.29) is 6.42 Å². The molecule has 0 fully saturated rings. The van der Waals surface area contributed by atoms with Crippen LogP contribution in [0.3, 0.4) is 0 Å². The van der Waals surface area contributed by atoms with Gasteiger partial charge in [-0.05, 0) is 5.56 Å². The molecule has 0 aliphatic heterocycles. The molecule has 0 saturated carbocycles. The van der Waals surface area contributed by atoms with E-state index in [1.165, 1.54) is 0 Å². The van der Waals surface area contributed by atoms with E-state index in [1.54, 1.807) is 30.3 Å². The van der Waals surface area contributed by atoms with Gasteiger partial charge < -0.3 is 15.9 Å². The molecule has 1 rings (SSSR count). The predicted molar refractivity (Wildman–Crippen MR) is 51.2 cm³/mol. The molecule has 4 nitrogen and oxygen atoms in total. The number of hydrogen-bond donors (Lipinski definition) is 3. The van der Waals surface area contributed by atoms with Crippen LogP contribution in [0.1, 0.15) is 18.1 Å². The molecule has 0 aromatic heterocycles. The number of aliphatic hydroxyl groups is 2. The van der Waals surface area contributed by atoms with Gasteiger partial charge in [0, 0.05) is 0 Å². The number of benzene rings is 1. The van der Waals surface area contributed by atoms with E-state index < -0.39 is 18.1 Å². The Hall–Kier alpha value is -1.39. The molecule has 2 unspecified atom stereocenters. The molecule has 0 radical (unpaired) electrons. The van der Waals surface area contributed by atoms with Gasteiger partial charge in [-0.2, -0.15) is 0 Å². The number of carbonyl (C=O) groups is 1. The van der Waals surface area contributed by atoms with Gasteiger partial charge in [0.2, 0.25) is 5.91 Å². The lowest BCUT2D eigenvalue weighted by Crippen LogP contribution is -2.25. The van der Waals surface area contributed by atoms with Crippen LogP contribution in [-0.4, -0.2) is 22.2 Å². The maximum atomic E-state index is 10.5. The summed E-state index contributed by atoms with van der Waals surface area (Å²) in [5, 5.41) is 19.0. The average molecular weight is 195 g/mol. The summed E-state index contributed by atoms with van der Waals surface area (Å²) in [5.41, 5.74) is 5.47.